The maximum absolute atomic E-state index is 11.8. The van der Waals surface area contributed by atoms with E-state index in [0.29, 0.717) is 13.0 Å². The monoisotopic (exact) mass is 273 g/mol. The molecule has 1 heterocycles. The molecule has 2 rings (SSSR count). The highest BCUT2D eigenvalue weighted by molar-refractivity contribution is 5.91. The summed E-state index contributed by atoms with van der Waals surface area (Å²) in [6, 6.07) is 7.60. The van der Waals surface area contributed by atoms with Crippen LogP contribution in [0.3, 0.4) is 0 Å². The van der Waals surface area contributed by atoms with Crippen LogP contribution in [0.25, 0.3) is 11.4 Å². The Labute approximate surface area is 118 Å². The van der Waals surface area contributed by atoms with Crippen LogP contribution in [0.5, 0.6) is 0 Å². The van der Waals surface area contributed by atoms with Crippen molar-refractivity contribution in [3.05, 3.63) is 30.6 Å². The van der Waals surface area contributed by atoms with E-state index < -0.39 is 0 Å². The molecule has 0 bridgehead atoms. The highest BCUT2D eigenvalue weighted by Gasteiger charge is 2.07. The Bertz CT molecular complexity index is 578. The molecule has 0 unspecified atom stereocenters. The molecule has 0 aliphatic rings. The summed E-state index contributed by atoms with van der Waals surface area (Å²) in [5.41, 5.74) is 1.70. The number of amides is 1. The summed E-state index contributed by atoms with van der Waals surface area (Å²) in [6.45, 7) is 3.57. The van der Waals surface area contributed by atoms with Gasteiger partial charge in [0.15, 0.2) is 5.82 Å². The number of rotatable bonds is 6. The van der Waals surface area contributed by atoms with E-state index in [1.165, 1.54) is 0 Å². The molecule has 106 valence electrons. The number of anilines is 1. The molecule has 0 spiro atoms. The standard InChI is InChI=1S/C14H19N5O/c1-3-15-8-7-13(20)17-12-6-4-5-11(9-12)14-18-16-10-19(14)2/h4-6,9-10,15H,3,7-8H2,1-2H3,(H,17,20). The van der Waals surface area contributed by atoms with E-state index >= 15 is 0 Å². The summed E-state index contributed by atoms with van der Waals surface area (Å²) < 4.78 is 1.84. The van der Waals surface area contributed by atoms with Crippen molar-refractivity contribution >= 4 is 11.6 Å². The van der Waals surface area contributed by atoms with Crippen molar-refractivity contribution in [2.45, 2.75) is 13.3 Å². The van der Waals surface area contributed by atoms with E-state index in [4.69, 9.17) is 0 Å². The molecule has 0 saturated heterocycles. The van der Waals surface area contributed by atoms with Gasteiger partial charge in [0.25, 0.3) is 0 Å². The van der Waals surface area contributed by atoms with Crippen molar-refractivity contribution in [2.75, 3.05) is 18.4 Å². The number of benzene rings is 1. The SMILES string of the molecule is CCNCCC(=O)Nc1cccc(-c2nncn2C)c1. The van der Waals surface area contributed by atoms with E-state index in [9.17, 15) is 4.79 Å². The van der Waals surface area contributed by atoms with Gasteiger partial charge in [-0.3, -0.25) is 4.79 Å². The first kappa shape index (κ1) is 14.2. The second kappa shape index (κ2) is 6.81. The number of hydrogen-bond donors (Lipinski definition) is 2. The van der Waals surface area contributed by atoms with Gasteiger partial charge in [0.1, 0.15) is 6.33 Å². The van der Waals surface area contributed by atoms with Gasteiger partial charge in [-0.25, -0.2) is 0 Å². The largest absolute Gasteiger partial charge is 0.326 e. The van der Waals surface area contributed by atoms with Crippen molar-refractivity contribution in [1.82, 2.24) is 20.1 Å². The fourth-order valence-corrected chi connectivity index (χ4v) is 1.88. The van der Waals surface area contributed by atoms with E-state index in [-0.39, 0.29) is 5.91 Å². The molecule has 2 N–H and O–H groups in total. The molecule has 1 amide bonds. The lowest BCUT2D eigenvalue weighted by Crippen LogP contribution is -2.21. The van der Waals surface area contributed by atoms with Crippen molar-refractivity contribution < 1.29 is 4.79 Å². The first-order chi connectivity index (χ1) is 9.70. The smallest absolute Gasteiger partial charge is 0.225 e. The Morgan fingerprint density at radius 2 is 2.25 bits per heavy atom. The average molecular weight is 273 g/mol. The second-order valence-corrected chi connectivity index (χ2v) is 4.50. The first-order valence-electron chi connectivity index (χ1n) is 6.65. The van der Waals surface area contributed by atoms with Crippen LogP contribution < -0.4 is 10.6 Å². The van der Waals surface area contributed by atoms with Crippen LogP contribution in [0.15, 0.2) is 30.6 Å². The zero-order valence-corrected chi connectivity index (χ0v) is 11.8. The molecule has 2 aromatic rings. The maximum Gasteiger partial charge on any atom is 0.225 e. The van der Waals surface area contributed by atoms with Crippen LogP contribution in [0, 0.1) is 0 Å². The highest BCUT2D eigenvalue weighted by Crippen LogP contribution is 2.20. The normalized spacial score (nSPS) is 10.5. The zero-order valence-electron chi connectivity index (χ0n) is 11.8. The van der Waals surface area contributed by atoms with Crippen LogP contribution in [-0.4, -0.2) is 33.8 Å². The molecule has 0 saturated carbocycles. The Hall–Kier alpha value is -2.21. The Kier molecular flexibility index (Phi) is 4.84. The van der Waals surface area contributed by atoms with Gasteiger partial charge in [-0.2, -0.15) is 0 Å². The predicted molar refractivity (Wildman–Crippen MR) is 78.2 cm³/mol. The molecule has 6 nitrogen and oxygen atoms in total. The van der Waals surface area contributed by atoms with E-state index in [1.54, 1.807) is 6.33 Å². The molecular weight excluding hydrogens is 254 g/mol. The maximum atomic E-state index is 11.8. The quantitative estimate of drug-likeness (QED) is 0.781. The molecule has 6 heteroatoms. The van der Waals surface area contributed by atoms with Gasteiger partial charge in [0.05, 0.1) is 0 Å². The first-order valence-corrected chi connectivity index (χ1v) is 6.65. The average Bonchev–Trinajstić information content (AvgIpc) is 2.85. The molecular formula is C14H19N5O. The minimum absolute atomic E-state index is 0.000986. The van der Waals surface area contributed by atoms with Gasteiger partial charge < -0.3 is 15.2 Å². The van der Waals surface area contributed by atoms with Crippen LogP contribution in [-0.2, 0) is 11.8 Å². The molecule has 1 aromatic carbocycles. The van der Waals surface area contributed by atoms with Gasteiger partial charge in [0, 0.05) is 31.3 Å². The number of nitrogens with zero attached hydrogens (tertiary/aromatic N) is 3. The van der Waals surface area contributed by atoms with Gasteiger partial charge >= 0.3 is 0 Å². The molecule has 0 fully saturated rings. The van der Waals surface area contributed by atoms with Crippen LogP contribution in [0.4, 0.5) is 5.69 Å². The van der Waals surface area contributed by atoms with E-state index in [2.05, 4.69) is 20.8 Å². The summed E-state index contributed by atoms with van der Waals surface area (Å²) in [7, 11) is 1.89. The van der Waals surface area contributed by atoms with Crippen LogP contribution in [0.2, 0.25) is 0 Å². The predicted octanol–water partition coefficient (Wildman–Crippen LogP) is 1.42. The van der Waals surface area contributed by atoms with Crippen molar-refractivity contribution in [3.8, 4) is 11.4 Å². The third-order valence-corrected chi connectivity index (χ3v) is 2.89. The Morgan fingerprint density at radius 1 is 1.40 bits per heavy atom. The fraction of sp³-hybridized carbons (Fsp3) is 0.357. The number of aromatic nitrogens is 3. The van der Waals surface area contributed by atoms with Crippen LogP contribution in [0.1, 0.15) is 13.3 Å². The third-order valence-electron chi connectivity index (χ3n) is 2.89. The van der Waals surface area contributed by atoms with Gasteiger partial charge in [-0.15, -0.1) is 10.2 Å². The lowest BCUT2D eigenvalue weighted by molar-refractivity contribution is -0.116. The molecule has 20 heavy (non-hydrogen) atoms. The second-order valence-electron chi connectivity index (χ2n) is 4.50. The van der Waals surface area contributed by atoms with E-state index in [0.717, 1.165) is 23.6 Å². The molecule has 0 atom stereocenters. The Balaban J connectivity index is 2.03. The number of aryl methyl sites for hydroxylation is 1. The van der Waals surface area contributed by atoms with Crippen molar-refractivity contribution in [2.24, 2.45) is 7.05 Å². The summed E-state index contributed by atoms with van der Waals surface area (Å²) in [4.78, 5) is 11.8. The van der Waals surface area contributed by atoms with Gasteiger partial charge in [-0.1, -0.05) is 19.1 Å². The third kappa shape index (κ3) is 3.64. The Morgan fingerprint density at radius 3 is 2.95 bits per heavy atom. The lowest BCUT2D eigenvalue weighted by atomic mass is 10.2. The summed E-state index contributed by atoms with van der Waals surface area (Å²) in [5, 5.41) is 13.9. The molecule has 1 aromatic heterocycles. The zero-order chi connectivity index (χ0) is 14.4. The van der Waals surface area contributed by atoms with E-state index in [1.807, 2.05) is 42.8 Å². The number of nitrogens with one attached hydrogen (secondary N) is 2. The highest BCUT2D eigenvalue weighted by atomic mass is 16.1. The fourth-order valence-electron chi connectivity index (χ4n) is 1.88. The molecule has 0 aliphatic carbocycles. The molecule has 0 radical (unpaired) electrons. The number of hydrogen-bond acceptors (Lipinski definition) is 4. The molecule has 0 aliphatic heterocycles. The van der Waals surface area contributed by atoms with Gasteiger partial charge in [-0.05, 0) is 18.7 Å². The van der Waals surface area contributed by atoms with Crippen molar-refractivity contribution in [1.29, 1.82) is 0 Å². The van der Waals surface area contributed by atoms with Gasteiger partial charge in [0.2, 0.25) is 5.91 Å². The topological polar surface area (TPSA) is 71.8 Å². The summed E-state index contributed by atoms with van der Waals surface area (Å²) in [5.74, 6) is 0.773. The summed E-state index contributed by atoms with van der Waals surface area (Å²) >= 11 is 0. The minimum Gasteiger partial charge on any atom is -0.326 e. The minimum atomic E-state index is 0.000986. The van der Waals surface area contributed by atoms with Crippen LogP contribution >= 0.6 is 0 Å². The van der Waals surface area contributed by atoms with Crippen molar-refractivity contribution in [3.63, 3.8) is 0 Å². The summed E-state index contributed by atoms with van der Waals surface area (Å²) in [6.07, 6.45) is 2.11. The number of carbonyl (C=O) groups excluding carboxylic acids is 1. The lowest BCUT2D eigenvalue weighted by Gasteiger charge is -2.07. The number of carbonyl (C=O) groups is 1.